The van der Waals surface area contributed by atoms with Crippen molar-refractivity contribution in [3.05, 3.63) is 109 Å². The van der Waals surface area contributed by atoms with E-state index < -0.39 is 0 Å². The first-order valence-electron chi connectivity index (χ1n) is 9.68. The van der Waals surface area contributed by atoms with E-state index >= 15 is 0 Å². The van der Waals surface area contributed by atoms with Crippen LogP contribution in [0.5, 0.6) is 5.75 Å². The van der Waals surface area contributed by atoms with Crippen LogP contribution in [-0.4, -0.2) is 16.2 Å². The van der Waals surface area contributed by atoms with Crippen LogP contribution in [0.4, 0.5) is 0 Å². The van der Waals surface area contributed by atoms with Gasteiger partial charge in [0.15, 0.2) is 0 Å². The molecule has 2 aromatic carbocycles. The molecule has 0 spiro atoms. The number of aromatic nitrogens is 2. The maximum Gasteiger partial charge on any atom is 0.119 e. The molecule has 2 heterocycles. The zero-order valence-corrected chi connectivity index (χ0v) is 15.8. The number of rotatable bonds is 8. The van der Waals surface area contributed by atoms with Crippen LogP contribution < -0.4 is 4.74 Å². The van der Waals surface area contributed by atoms with Gasteiger partial charge in [-0.2, -0.15) is 0 Å². The van der Waals surface area contributed by atoms with Crippen molar-refractivity contribution < 1.29 is 4.74 Å². The van der Waals surface area contributed by atoms with Crippen molar-refractivity contribution in [1.29, 1.82) is 0 Å². The highest BCUT2D eigenvalue weighted by atomic mass is 16.5. The molecule has 0 saturated heterocycles. The SMILES string of the molecule is c1ccc(-c2ccc(OCC(CCc3cccnc3)n3cccc3)cc2)cc1. The fourth-order valence-electron chi connectivity index (χ4n) is 3.36. The van der Waals surface area contributed by atoms with Gasteiger partial charge < -0.3 is 9.30 Å². The van der Waals surface area contributed by atoms with E-state index in [-0.39, 0.29) is 6.04 Å². The molecule has 0 bridgehead atoms. The molecule has 1 atom stereocenters. The Kier molecular flexibility index (Phi) is 5.83. The van der Waals surface area contributed by atoms with E-state index in [9.17, 15) is 0 Å². The number of nitrogens with zero attached hydrogens (tertiary/aromatic N) is 2. The predicted molar refractivity (Wildman–Crippen MR) is 113 cm³/mol. The zero-order chi connectivity index (χ0) is 19.0. The number of hydrogen-bond donors (Lipinski definition) is 0. The Morgan fingerprint density at radius 3 is 2.25 bits per heavy atom. The van der Waals surface area contributed by atoms with Crippen LogP contribution in [0.3, 0.4) is 0 Å². The summed E-state index contributed by atoms with van der Waals surface area (Å²) in [7, 11) is 0. The van der Waals surface area contributed by atoms with Crippen molar-refractivity contribution in [3.63, 3.8) is 0 Å². The molecule has 0 radical (unpaired) electrons. The monoisotopic (exact) mass is 368 g/mol. The highest BCUT2D eigenvalue weighted by Gasteiger charge is 2.12. The lowest BCUT2D eigenvalue weighted by Gasteiger charge is -2.20. The van der Waals surface area contributed by atoms with Gasteiger partial charge in [-0.3, -0.25) is 4.98 Å². The van der Waals surface area contributed by atoms with Crippen LogP contribution in [0.2, 0.25) is 0 Å². The van der Waals surface area contributed by atoms with E-state index in [0.717, 1.165) is 18.6 Å². The molecule has 3 nitrogen and oxygen atoms in total. The first-order valence-corrected chi connectivity index (χ1v) is 9.68. The molecule has 4 aromatic rings. The molecular formula is C25H24N2O. The van der Waals surface area contributed by atoms with Gasteiger partial charge in [-0.05, 0) is 59.9 Å². The second-order valence-corrected chi connectivity index (χ2v) is 6.89. The predicted octanol–water partition coefficient (Wildman–Crippen LogP) is 5.80. The van der Waals surface area contributed by atoms with Crippen LogP contribution in [0.1, 0.15) is 18.0 Å². The molecule has 2 aromatic heterocycles. The molecule has 0 saturated carbocycles. The number of pyridine rings is 1. The first-order chi connectivity index (χ1) is 13.9. The maximum atomic E-state index is 6.13. The Labute approximate surface area is 166 Å². The van der Waals surface area contributed by atoms with Gasteiger partial charge in [-0.25, -0.2) is 0 Å². The summed E-state index contributed by atoms with van der Waals surface area (Å²) >= 11 is 0. The fraction of sp³-hybridized carbons (Fsp3) is 0.160. The summed E-state index contributed by atoms with van der Waals surface area (Å²) in [5, 5.41) is 0. The lowest BCUT2D eigenvalue weighted by atomic mass is 10.1. The summed E-state index contributed by atoms with van der Waals surface area (Å²) in [5.74, 6) is 0.901. The Morgan fingerprint density at radius 1 is 0.786 bits per heavy atom. The van der Waals surface area contributed by atoms with E-state index in [1.165, 1.54) is 16.7 Å². The maximum absolute atomic E-state index is 6.13. The average Bonchev–Trinajstić information content (AvgIpc) is 3.30. The van der Waals surface area contributed by atoms with Crippen molar-refractivity contribution in [1.82, 2.24) is 9.55 Å². The standard InChI is InChI=1S/C25H24N2O/c1-2-8-22(9-3-1)23-11-14-25(15-12-23)28-20-24(27-17-4-5-18-27)13-10-21-7-6-16-26-19-21/h1-9,11-12,14-19,24H,10,13,20H2. The van der Waals surface area contributed by atoms with Crippen LogP contribution >= 0.6 is 0 Å². The summed E-state index contributed by atoms with van der Waals surface area (Å²) in [4.78, 5) is 4.21. The van der Waals surface area contributed by atoms with Crippen LogP contribution in [0, 0.1) is 0 Å². The van der Waals surface area contributed by atoms with Gasteiger partial charge in [0.2, 0.25) is 0 Å². The van der Waals surface area contributed by atoms with Gasteiger partial charge in [0.1, 0.15) is 12.4 Å². The molecule has 140 valence electrons. The molecule has 0 amide bonds. The summed E-state index contributed by atoms with van der Waals surface area (Å²) in [6.07, 6.45) is 9.95. The van der Waals surface area contributed by atoms with Gasteiger partial charge in [-0.1, -0.05) is 48.5 Å². The van der Waals surface area contributed by atoms with E-state index in [4.69, 9.17) is 4.74 Å². The lowest BCUT2D eigenvalue weighted by molar-refractivity contribution is 0.242. The summed E-state index contributed by atoms with van der Waals surface area (Å²) in [6, 6.07) is 27.3. The molecule has 0 N–H and O–H groups in total. The summed E-state index contributed by atoms with van der Waals surface area (Å²) in [5.41, 5.74) is 3.68. The van der Waals surface area contributed by atoms with Gasteiger partial charge >= 0.3 is 0 Å². The molecule has 4 rings (SSSR count). The largest absolute Gasteiger partial charge is 0.491 e. The van der Waals surface area contributed by atoms with Gasteiger partial charge in [0, 0.05) is 24.8 Å². The normalized spacial score (nSPS) is 11.9. The molecule has 0 fully saturated rings. The molecule has 0 aliphatic carbocycles. The van der Waals surface area contributed by atoms with E-state index in [1.807, 2.05) is 24.5 Å². The van der Waals surface area contributed by atoms with Crippen LogP contribution in [-0.2, 0) is 6.42 Å². The third-order valence-corrected chi connectivity index (χ3v) is 4.94. The minimum absolute atomic E-state index is 0.281. The number of hydrogen-bond acceptors (Lipinski definition) is 2. The van der Waals surface area contributed by atoms with Crippen molar-refractivity contribution in [2.24, 2.45) is 0 Å². The van der Waals surface area contributed by atoms with Crippen molar-refractivity contribution in [2.75, 3.05) is 6.61 Å². The molecule has 3 heteroatoms. The lowest BCUT2D eigenvalue weighted by Crippen LogP contribution is -2.17. The van der Waals surface area contributed by atoms with Crippen molar-refractivity contribution >= 4 is 0 Å². The Morgan fingerprint density at radius 2 is 1.54 bits per heavy atom. The molecule has 1 unspecified atom stereocenters. The highest BCUT2D eigenvalue weighted by Crippen LogP contribution is 2.23. The highest BCUT2D eigenvalue weighted by molar-refractivity contribution is 5.63. The van der Waals surface area contributed by atoms with E-state index in [0.29, 0.717) is 6.61 Å². The first kappa shape index (κ1) is 18.1. The second kappa shape index (κ2) is 9.05. The zero-order valence-electron chi connectivity index (χ0n) is 15.8. The molecule has 0 aliphatic heterocycles. The average molecular weight is 368 g/mol. The molecular weight excluding hydrogens is 344 g/mol. The van der Waals surface area contributed by atoms with Gasteiger partial charge in [0.05, 0.1) is 6.04 Å². The summed E-state index contributed by atoms with van der Waals surface area (Å²) < 4.78 is 8.37. The van der Waals surface area contributed by atoms with E-state index in [2.05, 4.69) is 88.7 Å². The number of benzene rings is 2. The minimum Gasteiger partial charge on any atom is -0.491 e. The Balaban J connectivity index is 1.40. The number of ether oxygens (including phenoxy) is 1. The quantitative estimate of drug-likeness (QED) is 0.393. The third-order valence-electron chi connectivity index (χ3n) is 4.94. The third kappa shape index (κ3) is 4.68. The minimum atomic E-state index is 0.281. The van der Waals surface area contributed by atoms with Gasteiger partial charge in [0.25, 0.3) is 0 Å². The van der Waals surface area contributed by atoms with E-state index in [1.54, 1.807) is 0 Å². The topological polar surface area (TPSA) is 27.1 Å². The summed E-state index contributed by atoms with van der Waals surface area (Å²) in [6.45, 7) is 0.639. The fourth-order valence-corrected chi connectivity index (χ4v) is 3.36. The Hall–Kier alpha value is -3.33. The molecule has 28 heavy (non-hydrogen) atoms. The van der Waals surface area contributed by atoms with Crippen LogP contribution in [0.25, 0.3) is 11.1 Å². The van der Waals surface area contributed by atoms with Crippen molar-refractivity contribution in [2.45, 2.75) is 18.9 Å². The Bertz CT molecular complexity index is 949. The van der Waals surface area contributed by atoms with Crippen molar-refractivity contribution in [3.8, 4) is 16.9 Å². The van der Waals surface area contributed by atoms with Crippen LogP contribution in [0.15, 0.2) is 104 Å². The second-order valence-electron chi connectivity index (χ2n) is 6.89. The molecule has 0 aliphatic rings. The smallest absolute Gasteiger partial charge is 0.119 e. The van der Waals surface area contributed by atoms with Gasteiger partial charge in [-0.15, -0.1) is 0 Å². The number of aryl methyl sites for hydroxylation is 1.